The summed E-state index contributed by atoms with van der Waals surface area (Å²) >= 11 is 0. The molecule has 1 radical (unpaired) electrons. The van der Waals surface area contributed by atoms with Gasteiger partial charge in [-0.25, -0.2) is 0 Å². The van der Waals surface area contributed by atoms with Crippen LogP contribution in [0.1, 0.15) is 0 Å². The van der Waals surface area contributed by atoms with Gasteiger partial charge in [0, 0.05) is 0 Å². The van der Waals surface area contributed by atoms with E-state index in [0.717, 1.165) is 8.19 Å². The van der Waals surface area contributed by atoms with Gasteiger partial charge in [-0.3, -0.25) is 0 Å². The van der Waals surface area contributed by atoms with Gasteiger partial charge in [-0.15, -0.1) is 18.7 Å². The summed E-state index contributed by atoms with van der Waals surface area (Å²) in [4.78, 5) is 0. The quantitative estimate of drug-likeness (QED) is 0.407. The maximum atomic E-state index is 3.31. The van der Waals surface area contributed by atoms with Crippen LogP contribution in [0.4, 0.5) is 0 Å². The first-order chi connectivity index (χ1) is 6.45. The fraction of sp³-hybridized carbons (Fsp3) is 0. The van der Waals surface area contributed by atoms with Crippen molar-refractivity contribution in [1.82, 2.24) is 0 Å². The van der Waals surface area contributed by atoms with E-state index in [9.17, 15) is 0 Å². The molecule has 2 aromatic carbocycles. The molecule has 79 valence electrons. The molecule has 0 aliphatic heterocycles. The van der Waals surface area contributed by atoms with Gasteiger partial charge >= 0.3 is 26.2 Å². The molecule has 0 saturated carbocycles. The van der Waals surface area contributed by atoms with Crippen molar-refractivity contribution in [3.63, 3.8) is 0 Å². The third kappa shape index (κ3) is 2.71. The van der Waals surface area contributed by atoms with E-state index < -0.39 is 0 Å². The summed E-state index contributed by atoms with van der Waals surface area (Å²) in [7, 11) is 0.795. The van der Waals surface area contributed by atoms with Crippen LogP contribution in [0, 0.1) is 6.07 Å². The van der Waals surface area contributed by atoms with Crippen LogP contribution in [0.3, 0.4) is 0 Å². The van der Waals surface area contributed by atoms with Crippen LogP contribution in [0.5, 0.6) is 0 Å². The average Bonchev–Trinajstić information content (AvgIpc) is 2.56. The number of fused-ring (bicyclic) bond motifs is 3. The first-order valence-electron chi connectivity index (χ1n) is 4.32. The van der Waals surface area contributed by atoms with E-state index in [1.807, 2.05) is 6.07 Å². The fourth-order valence-corrected chi connectivity index (χ4v) is 3.04. The summed E-state index contributed by atoms with van der Waals surface area (Å²) < 4.78 is 0. The Morgan fingerprint density at radius 1 is 0.875 bits per heavy atom. The second kappa shape index (κ2) is 6.82. The maximum Gasteiger partial charge on any atom is 3.00 e. The SMILES string of the molecule is [Cl-].[Cl-].[Zr+3].[c-]1cccc2c1[pH]c1ccccc12. The number of benzene rings is 2. The minimum Gasteiger partial charge on any atom is -1.00 e. The molecule has 4 heteroatoms. The average molecular weight is 345 g/mol. The normalized spacial score (nSPS) is 9.50. The summed E-state index contributed by atoms with van der Waals surface area (Å²) in [5, 5.41) is 5.59. The van der Waals surface area contributed by atoms with Crippen molar-refractivity contribution in [1.29, 1.82) is 0 Å². The molecule has 0 saturated heterocycles. The topological polar surface area (TPSA) is 0 Å². The monoisotopic (exact) mass is 343 g/mol. The molecular formula is C12H8Cl2PZr. The molecule has 1 unspecified atom stereocenters. The second-order valence-electron chi connectivity index (χ2n) is 3.13. The van der Waals surface area contributed by atoms with Gasteiger partial charge in [-0.2, -0.15) is 24.3 Å². The van der Waals surface area contributed by atoms with Crippen molar-refractivity contribution in [3.05, 3.63) is 48.5 Å². The van der Waals surface area contributed by atoms with Crippen molar-refractivity contribution in [2.75, 3.05) is 0 Å². The van der Waals surface area contributed by atoms with E-state index in [2.05, 4.69) is 42.5 Å². The van der Waals surface area contributed by atoms with Crippen LogP contribution in [-0.4, -0.2) is 0 Å². The molecule has 3 rings (SSSR count). The van der Waals surface area contributed by atoms with Gasteiger partial charge in [0.15, 0.2) is 0 Å². The summed E-state index contributed by atoms with van der Waals surface area (Å²) in [6.07, 6.45) is 0. The van der Waals surface area contributed by atoms with Crippen LogP contribution >= 0.6 is 8.19 Å². The molecule has 0 nitrogen and oxygen atoms in total. The molecule has 0 aliphatic carbocycles. The fourth-order valence-electron chi connectivity index (χ4n) is 1.73. The minimum atomic E-state index is 0. The van der Waals surface area contributed by atoms with E-state index in [-0.39, 0.29) is 51.0 Å². The smallest absolute Gasteiger partial charge is 1.00 e. The Bertz CT molecular complexity index is 527. The molecule has 0 fully saturated rings. The minimum absolute atomic E-state index is 0. The summed E-state index contributed by atoms with van der Waals surface area (Å²) in [6, 6.07) is 18.2. The Hall–Kier alpha value is 0.203. The number of rotatable bonds is 0. The van der Waals surface area contributed by atoms with Crippen LogP contribution < -0.4 is 24.8 Å². The van der Waals surface area contributed by atoms with Crippen LogP contribution in [0.15, 0.2) is 42.5 Å². The summed E-state index contributed by atoms with van der Waals surface area (Å²) in [5.41, 5.74) is 0. The molecule has 1 aromatic heterocycles. The molecule has 1 heterocycles. The van der Waals surface area contributed by atoms with Crippen LogP contribution in [-0.2, 0) is 26.2 Å². The second-order valence-corrected chi connectivity index (χ2v) is 4.42. The van der Waals surface area contributed by atoms with E-state index in [1.165, 1.54) is 21.0 Å². The predicted octanol–water partition coefficient (Wildman–Crippen LogP) is -2.17. The third-order valence-corrected chi connectivity index (χ3v) is 3.70. The molecule has 0 spiro atoms. The van der Waals surface area contributed by atoms with Gasteiger partial charge in [-0.05, 0) is 5.12 Å². The Balaban J connectivity index is 0.000000750. The van der Waals surface area contributed by atoms with Crippen LogP contribution in [0.25, 0.3) is 21.0 Å². The summed E-state index contributed by atoms with van der Waals surface area (Å²) in [5.74, 6) is 0. The Morgan fingerprint density at radius 2 is 1.56 bits per heavy atom. The molecule has 0 aliphatic rings. The number of hydrogen-bond donors (Lipinski definition) is 0. The number of halogens is 2. The van der Waals surface area contributed by atoms with Gasteiger partial charge in [0.25, 0.3) is 0 Å². The van der Waals surface area contributed by atoms with Crippen LogP contribution in [0.2, 0.25) is 0 Å². The van der Waals surface area contributed by atoms with Gasteiger partial charge in [0.05, 0.1) is 0 Å². The molecule has 0 bridgehead atoms. The largest absolute Gasteiger partial charge is 3.00 e. The van der Waals surface area contributed by atoms with E-state index in [4.69, 9.17) is 0 Å². The van der Waals surface area contributed by atoms with E-state index >= 15 is 0 Å². The van der Waals surface area contributed by atoms with Gasteiger partial charge in [-0.1, -0.05) is 29.7 Å². The van der Waals surface area contributed by atoms with Crippen molar-refractivity contribution < 1.29 is 51.0 Å². The Kier molecular flexibility index (Phi) is 6.91. The first-order valence-corrected chi connectivity index (χ1v) is 5.32. The van der Waals surface area contributed by atoms with E-state index in [0.29, 0.717) is 0 Å². The summed E-state index contributed by atoms with van der Waals surface area (Å²) in [6.45, 7) is 0. The zero-order valence-corrected chi connectivity index (χ0v) is 13.3. The molecule has 0 N–H and O–H groups in total. The van der Waals surface area contributed by atoms with Gasteiger partial charge in [0.1, 0.15) is 0 Å². The van der Waals surface area contributed by atoms with Crippen molar-refractivity contribution in [3.8, 4) is 0 Å². The third-order valence-electron chi connectivity index (χ3n) is 2.33. The molecule has 0 amide bonds. The molecule has 3 aromatic rings. The predicted molar refractivity (Wildman–Crippen MR) is 59.8 cm³/mol. The van der Waals surface area contributed by atoms with Gasteiger partial charge in [0.2, 0.25) is 0 Å². The van der Waals surface area contributed by atoms with Crippen molar-refractivity contribution in [2.45, 2.75) is 0 Å². The molecule has 1 atom stereocenters. The molecular weight excluding hydrogens is 337 g/mol. The zero-order chi connectivity index (χ0) is 8.67. The standard InChI is InChI=1S/C12H8P.2ClH.Zr/c1-3-7-11-9(5-1)10-6-2-4-8-12(10)13-11;;;/h1-7,13H;2*1H;/q-1;;;+3/p-2. The van der Waals surface area contributed by atoms with Gasteiger partial charge < -0.3 is 24.8 Å². The zero-order valence-electron chi connectivity index (χ0n) is 8.30. The van der Waals surface area contributed by atoms with Crippen molar-refractivity contribution >= 4 is 29.2 Å². The number of hydrogen-bond acceptors (Lipinski definition) is 0. The van der Waals surface area contributed by atoms with Crippen molar-refractivity contribution in [2.24, 2.45) is 0 Å². The Labute approximate surface area is 128 Å². The molecule has 16 heavy (non-hydrogen) atoms. The Morgan fingerprint density at radius 3 is 2.38 bits per heavy atom. The van der Waals surface area contributed by atoms with E-state index in [1.54, 1.807) is 0 Å². The first kappa shape index (κ1) is 16.2. The maximum absolute atomic E-state index is 3.31.